The molecule has 0 saturated heterocycles. The highest BCUT2D eigenvalue weighted by Gasteiger charge is 2.36. The molecule has 0 atom stereocenters. The number of benzene rings is 8. The van der Waals surface area contributed by atoms with Crippen molar-refractivity contribution in [1.82, 2.24) is 0 Å². The third-order valence-corrected chi connectivity index (χ3v) is 11.4. The van der Waals surface area contributed by atoms with E-state index in [4.69, 9.17) is 8.83 Å². The topological polar surface area (TPSA) is 29.5 Å². The van der Waals surface area contributed by atoms with Gasteiger partial charge in [0.15, 0.2) is 0 Å². The lowest BCUT2D eigenvalue weighted by Gasteiger charge is -2.29. The predicted octanol–water partition coefficient (Wildman–Crippen LogP) is 14.6. The molecule has 0 radical (unpaired) electrons. The van der Waals surface area contributed by atoms with Crippen molar-refractivity contribution in [2.45, 2.75) is 19.3 Å². The van der Waals surface area contributed by atoms with Crippen LogP contribution in [0.25, 0.3) is 77.3 Å². The smallest absolute Gasteiger partial charge is 0.144 e. The Bertz CT molecular complexity index is 3080. The van der Waals surface area contributed by atoms with Gasteiger partial charge in [-0.15, -0.1) is 0 Å². The summed E-state index contributed by atoms with van der Waals surface area (Å²) in [4.78, 5) is 2.41. The van der Waals surface area contributed by atoms with Crippen molar-refractivity contribution in [2.75, 3.05) is 4.90 Å². The van der Waals surface area contributed by atoms with Gasteiger partial charge in [-0.3, -0.25) is 0 Å². The molecule has 0 amide bonds. The first-order valence-electron chi connectivity index (χ1n) is 18.6. The number of para-hydroxylation sites is 1. The minimum absolute atomic E-state index is 0.147. The second kappa shape index (κ2) is 11.6. The van der Waals surface area contributed by atoms with Crippen LogP contribution in [0.2, 0.25) is 0 Å². The second-order valence-corrected chi connectivity index (χ2v) is 14.9. The van der Waals surface area contributed by atoms with Crippen LogP contribution in [0.4, 0.5) is 17.1 Å². The van der Waals surface area contributed by atoms with E-state index < -0.39 is 0 Å². The number of furan rings is 2. The van der Waals surface area contributed by atoms with E-state index in [9.17, 15) is 0 Å². The van der Waals surface area contributed by atoms with Crippen LogP contribution in [0.5, 0.6) is 0 Å². The average Bonchev–Trinajstić information content (AvgIpc) is 3.86. The van der Waals surface area contributed by atoms with Gasteiger partial charge in [0.05, 0.1) is 11.1 Å². The Morgan fingerprint density at radius 3 is 1.94 bits per heavy atom. The third kappa shape index (κ3) is 4.48. The van der Waals surface area contributed by atoms with Gasteiger partial charge in [-0.1, -0.05) is 141 Å². The maximum absolute atomic E-state index is 7.00. The maximum atomic E-state index is 7.00. The molecular formula is C51H35NO2. The van der Waals surface area contributed by atoms with Crippen LogP contribution in [0.3, 0.4) is 0 Å². The van der Waals surface area contributed by atoms with E-state index in [0.29, 0.717) is 0 Å². The zero-order valence-electron chi connectivity index (χ0n) is 30.0. The van der Waals surface area contributed by atoms with Gasteiger partial charge >= 0.3 is 0 Å². The zero-order chi connectivity index (χ0) is 36.0. The molecule has 1 aliphatic rings. The molecule has 3 heteroatoms. The number of fused-ring (bicyclic) bond motifs is 9. The molecule has 8 aromatic carbocycles. The summed E-state index contributed by atoms with van der Waals surface area (Å²) in [7, 11) is 0. The van der Waals surface area contributed by atoms with Crippen LogP contribution >= 0.6 is 0 Å². The molecule has 1 aliphatic carbocycles. The van der Waals surface area contributed by atoms with Gasteiger partial charge in [-0.05, 0) is 87.5 Å². The zero-order valence-corrected chi connectivity index (χ0v) is 30.0. The fraction of sp³-hybridized carbons (Fsp3) is 0.0588. The molecule has 0 spiro atoms. The highest BCUT2D eigenvalue weighted by atomic mass is 16.3. The van der Waals surface area contributed by atoms with Crippen molar-refractivity contribution in [1.29, 1.82) is 0 Å². The maximum Gasteiger partial charge on any atom is 0.144 e. The largest absolute Gasteiger partial charge is 0.456 e. The summed E-state index contributed by atoms with van der Waals surface area (Å²) < 4.78 is 13.6. The SMILES string of the molecule is CC1(C)c2ccccc2-c2ccc(N(c3cccc(-c4ccccc4)c3)c3cccc4oc5c(-c6ccccc6)c6c(cc5c34)oc3ccccc36)cc21. The van der Waals surface area contributed by atoms with Crippen molar-refractivity contribution in [3.8, 4) is 33.4 Å². The van der Waals surface area contributed by atoms with Crippen molar-refractivity contribution < 1.29 is 8.83 Å². The van der Waals surface area contributed by atoms with Gasteiger partial charge in [-0.25, -0.2) is 0 Å². The monoisotopic (exact) mass is 693 g/mol. The Balaban J connectivity index is 1.22. The lowest BCUT2D eigenvalue weighted by atomic mass is 9.82. The number of hydrogen-bond acceptors (Lipinski definition) is 3. The van der Waals surface area contributed by atoms with Crippen molar-refractivity contribution in [3.63, 3.8) is 0 Å². The van der Waals surface area contributed by atoms with Crippen LogP contribution in [-0.2, 0) is 5.41 Å². The van der Waals surface area contributed by atoms with Crippen molar-refractivity contribution >= 4 is 60.9 Å². The van der Waals surface area contributed by atoms with Crippen LogP contribution < -0.4 is 4.90 Å². The van der Waals surface area contributed by atoms with E-state index in [1.54, 1.807) is 0 Å². The minimum Gasteiger partial charge on any atom is -0.456 e. The van der Waals surface area contributed by atoms with E-state index in [0.717, 1.165) is 77.6 Å². The summed E-state index contributed by atoms with van der Waals surface area (Å²) >= 11 is 0. The molecule has 10 aromatic rings. The highest BCUT2D eigenvalue weighted by Crippen LogP contribution is 2.52. The van der Waals surface area contributed by atoms with E-state index in [1.807, 2.05) is 12.1 Å². The Morgan fingerprint density at radius 1 is 0.426 bits per heavy atom. The molecule has 0 saturated carbocycles. The lowest BCUT2D eigenvalue weighted by molar-refractivity contribution is 0.660. The molecule has 0 aliphatic heterocycles. The number of hydrogen-bond donors (Lipinski definition) is 0. The molecule has 0 N–H and O–H groups in total. The number of rotatable bonds is 5. The van der Waals surface area contributed by atoms with Crippen LogP contribution in [0.15, 0.2) is 185 Å². The summed E-state index contributed by atoms with van der Waals surface area (Å²) in [5.41, 5.74) is 16.2. The molecule has 11 rings (SSSR count). The molecule has 2 heterocycles. The average molecular weight is 694 g/mol. The Hall–Kier alpha value is -6.84. The lowest BCUT2D eigenvalue weighted by Crippen LogP contribution is -2.16. The Labute approximate surface area is 313 Å². The number of anilines is 3. The van der Waals surface area contributed by atoms with E-state index in [1.165, 1.54) is 27.8 Å². The molecule has 2 aromatic heterocycles. The van der Waals surface area contributed by atoms with E-state index >= 15 is 0 Å². The van der Waals surface area contributed by atoms with Gasteiger partial charge in [-0.2, -0.15) is 0 Å². The van der Waals surface area contributed by atoms with Gasteiger partial charge in [0, 0.05) is 38.5 Å². The van der Waals surface area contributed by atoms with Crippen molar-refractivity contribution in [2.24, 2.45) is 0 Å². The summed E-state index contributed by atoms with van der Waals surface area (Å²) in [5, 5.41) is 4.21. The minimum atomic E-state index is -0.147. The molecular weight excluding hydrogens is 659 g/mol. The fourth-order valence-corrected chi connectivity index (χ4v) is 8.93. The summed E-state index contributed by atoms with van der Waals surface area (Å²) in [5.74, 6) is 0. The molecule has 256 valence electrons. The van der Waals surface area contributed by atoms with Crippen LogP contribution in [0.1, 0.15) is 25.0 Å². The first kappa shape index (κ1) is 30.8. The first-order chi connectivity index (χ1) is 26.5. The van der Waals surface area contributed by atoms with Gasteiger partial charge < -0.3 is 13.7 Å². The van der Waals surface area contributed by atoms with Gasteiger partial charge in [0.1, 0.15) is 22.3 Å². The summed E-state index contributed by atoms with van der Waals surface area (Å²) in [6, 6.07) is 62.8. The van der Waals surface area contributed by atoms with E-state index in [2.05, 4.69) is 183 Å². The Morgan fingerprint density at radius 2 is 1.09 bits per heavy atom. The summed E-state index contributed by atoms with van der Waals surface area (Å²) in [6.07, 6.45) is 0. The number of nitrogens with zero attached hydrogens (tertiary/aromatic N) is 1. The van der Waals surface area contributed by atoms with Gasteiger partial charge in [0.25, 0.3) is 0 Å². The van der Waals surface area contributed by atoms with Crippen LogP contribution in [0, 0.1) is 0 Å². The molecule has 0 bridgehead atoms. The Kier molecular flexibility index (Phi) is 6.60. The molecule has 3 nitrogen and oxygen atoms in total. The first-order valence-corrected chi connectivity index (χ1v) is 18.6. The molecule has 0 fully saturated rings. The third-order valence-electron chi connectivity index (χ3n) is 11.4. The predicted molar refractivity (Wildman–Crippen MR) is 224 cm³/mol. The second-order valence-electron chi connectivity index (χ2n) is 14.9. The standard InChI is InChI=1S/C51H35NO2/c1-51(2)41-23-11-9-21-37(41)38-28-27-36(30-42(38)51)52(35-20-13-19-34(29-35)32-15-5-3-6-16-32)43-24-14-26-45-48(43)40-31-46-49(39-22-10-12-25-44(39)53-46)47(50(40)54-45)33-17-7-4-8-18-33/h3-31H,1-2H3. The quantitative estimate of drug-likeness (QED) is 0.180. The normalized spacial score (nSPS) is 13.1. The highest BCUT2D eigenvalue weighted by molar-refractivity contribution is 6.25. The van der Waals surface area contributed by atoms with Gasteiger partial charge in [0.2, 0.25) is 0 Å². The summed E-state index contributed by atoms with van der Waals surface area (Å²) in [6.45, 7) is 4.69. The molecule has 0 unspecified atom stereocenters. The fourth-order valence-electron chi connectivity index (χ4n) is 8.93. The molecule has 54 heavy (non-hydrogen) atoms. The van der Waals surface area contributed by atoms with Crippen LogP contribution in [-0.4, -0.2) is 0 Å². The van der Waals surface area contributed by atoms with E-state index in [-0.39, 0.29) is 5.41 Å². The van der Waals surface area contributed by atoms with Crippen molar-refractivity contribution in [3.05, 3.63) is 187 Å².